The molecular formula is C10H19N3O5S. The second-order valence-electron chi connectivity index (χ2n) is 4.36. The number of carboxylic acids is 1. The van der Waals surface area contributed by atoms with Gasteiger partial charge in [0.2, 0.25) is 15.9 Å². The fourth-order valence-electron chi connectivity index (χ4n) is 1.77. The Morgan fingerprint density at radius 1 is 1.21 bits per heavy atom. The van der Waals surface area contributed by atoms with Gasteiger partial charge in [0, 0.05) is 32.7 Å². The van der Waals surface area contributed by atoms with E-state index in [1.165, 1.54) is 4.31 Å². The van der Waals surface area contributed by atoms with Crippen LogP contribution in [-0.2, 0) is 19.6 Å². The van der Waals surface area contributed by atoms with Gasteiger partial charge in [0.1, 0.15) is 0 Å². The van der Waals surface area contributed by atoms with Crippen molar-refractivity contribution in [1.29, 1.82) is 0 Å². The number of sulfonamides is 1. The quantitative estimate of drug-likeness (QED) is 0.557. The van der Waals surface area contributed by atoms with Gasteiger partial charge in [-0.25, -0.2) is 8.42 Å². The largest absolute Gasteiger partial charge is 0.481 e. The Kier molecular flexibility index (Phi) is 5.70. The van der Waals surface area contributed by atoms with Crippen molar-refractivity contribution in [2.24, 2.45) is 0 Å². The molecule has 1 saturated heterocycles. The van der Waals surface area contributed by atoms with Crippen LogP contribution in [0.2, 0.25) is 0 Å². The van der Waals surface area contributed by atoms with E-state index in [9.17, 15) is 18.0 Å². The van der Waals surface area contributed by atoms with Crippen LogP contribution in [0.1, 0.15) is 6.42 Å². The van der Waals surface area contributed by atoms with E-state index < -0.39 is 16.0 Å². The van der Waals surface area contributed by atoms with Crippen molar-refractivity contribution in [3.63, 3.8) is 0 Å². The molecule has 0 aliphatic carbocycles. The summed E-state index contributed by atoms with van der Waals surface area (Å²) in [6.45, 7) is 1.66. The molecule has 1 aliphatic rings. The number of aliphatic carboxylic acids is 1. The zero-order valence-electron chi connectivity index (χ0n) is 10.8. The SMILES string of the molecule is CS(=O)(=O)N1CCN(C(=O)CNCCC(=O)O)CC1. The third-order valence-corrected chi connectivity index (χ3v) is 4.16. The first-order valence-corrected chi connectivity index (χ1v) is 7.81. The maximum Gasteiger partial charge on any atom is 0.304 e. The molecule has 1 amide bonds. The molecule has 9 heteroatoms. The van der Waals surface area contributed by atoms with Gasteiger partial charge in [-0.1, -0.05) is 0 Å². The van der Waals surface area contributed by atoms with Crippen LogP contribution in [0.15, 0.2) is 0 Å². The molecular weight excluding hydrogens is 274 g/mol. The summed E-state index contributed by atoms with van der Waals surface area (Å²) >= 11 is 0. The summed E-state index contributed by atoms with van der Waals surface area (Å²) in [6, 6.07) is 0. The standard InChI is InChI=1S/C10H19N3O5S/c1-19(17,18)13-6-4-12(5-7-13)9(14)8-11-3-2-10(15)16/h11H,2-8H2,1H3,(H,15,16). The lowest BCUT2D eigenvalue weighted by atomic mass is 10.3. The van der Waals surface area contributed by atoms with Crippen molar-refractivity contribution in [3.8, 4) is 0 Å². The first-order valence-electron chi connectivity index (χ1n) is 5.96. The molecule has 0 radical (unpaired) electrons. The van der Waals surface area contributed by atoms with Crippen LogP contribution in [0.3, 0.4) is 0 Å². The number of carbonyl (C=O) groups excluding carboxylic acids is 1. The van der Waals surface area contributed by atoms with Crippen molar-refractivity contribution in [2.45, 2.75) is 6.42 Å². The number of nitrogens with zero attached hydrogens (tertiary/aromatic N) is 2. The smallest absolute Gasteiger partial charge is 0.304 e. The van der Waals surface area contributed by atoms with Crippen molar-refractivity contribution in [3.05, 3.63) is 0 Å². The van der Waals surface area contributed by atoms with Crippen LogP contribution in [0.25, 0.3) is 0 Å². The van der Waals surface area contributed by atoms with Gasteiger partial charge >= 0.3 is 5.97 Å². The highest BCUT2D eigenvalue weighted by Crippen LogP contribution is 2.05. The summed E-state index contributed by atoms with van der Waals surface area (Å²) in [5, 5.41) is 11.2. The summed E-state index contributed by atoms with van der Waals surface area (Å²) in [5.74, 6) is -1.06. The van der Waals surface area contributed by atoms with Crippen LogP contribution >= 0.6 is 0 Å². The van der Waals surface area contributed by atoms with Gasteiger partial charge in [0.15, 0.2) is 0 Å². The van der Waals surface area contributed by atoms with Crippen LogP contribution < -0.4 is 5.32 Å². The van der Waals surface area contributed by atoms with E-state index in [1.807, 2.05) is 0 Å². The number of carbonyl (C=O) groups is 2. The van der Waals surface area contributed by atoms with Crippen molar-refractivity contribution in [1.82, 2.24) is 14.5 Å². The number of hydrogen-bond donors (Lipinski definition) is 2. The maximum atomic E-state index is 11.7. The second kappa shape index (κ2) is 6.83. The number of carboxylic acid groups (broad SMARTS) is 1. The molecule has 1 aliphatic heterocycles. The van der Waals surface area contributed by atoms with E-state index in [2.05, 4.69) is 5.32 Å². The van der Waals surface area contributed by atoms with Crippen LogP contribution in [0.4, 0.5) is 0 Å². The van der Waals surface area contributed by atoms with E-state index in [4.69, 9.17) is 5.11 Å². The highest BCUT2D eigenvalue weighted by Gasteiger charge is 2.25. The van der Waals surface area contributed by atoms with Gasteiger partial charge in [-0.05, 0) is 0 Å². The van der Waals surface area contributed by atoms with Crippen molar-refractivity contribution < 1.29 is 23.1 Å². The molecule has 0 spiro atoms. The Labute approximate surface area is 112 Å². The molecule has 2 N–H and O–H groups in total. The number of hydrogen-bond acceptors (Lipinski definition) is 5. The van der Waals surface area contributed by atoms with Crippen molar-refractivity contribution >= 4 is 21.9 Å². The minimum atomic E-state index is -3.19. The minimum Gasteiger partial charge on any atom is -0.481 e. The summed E-state index contributed by atoms with van der Waals surface area (Å²) in [7, 11) is -3.19. The van der Waals surface area contributed by atoms with Gasteiger partial charge in [-0.15, -0.1) is 0 Å². The number of rotatable bonds is 6. The first kappa shape index (κ1) is 15.9. The molecule has 0 aromatic heterocycles. The Morgan fingerprint density at radius 2 is 1.79 bits per heavy atom. The molecule has 0 aromatic carbocycles. The summed E-state index contributed by atoms with van der Waals surface area (Å²) in [4.78, 5) is 23.6. The Bertz CT molecular complexity index is 428. The summed E-state index contributed by atoms with van der Waals surface area (Å²) in [5.41, 5.74) is 0. The third-order valence-electron chi connectivity index (χ3n) is 2.85. The van der Waals surface area contributed by atoms with E-state index in [0.717, 1.165) is 6.26 Å². The summed E-state index contributed by atoms with van der Waals surface area (Å²) in [6.07, 6.45) is 1.12. The van der Waals surface area contributed by atoms with Gasteiger partial charge in [0.25, 0.3) is 0 Å². The average molecular weight is 293 g/mol. The lowest BCUT2D eigenvalue weighted by Crippen LogP contribution is -2.52. The Morgan fingerprint density at radius 3 is 2.26 bits per heavy atom. The zero-order valence-corrected chi connectivity index (χ0v) is 11.6. The molecule has 1 fully saturated rings. The molecule has 110 valence electrons. The predicted molar refractivity (Wildman–Crippen MR) is 68.1 cm³/mol. The topological polar surface area (TPSA) is 107 Å². The zero-order chi connectivity index (χ0) is 14.5. The lowest BCUT2D eigenvalue weighted by Gasteiger charge is -2.33. The number of amides is 1. The molecule has 1 heterocycles. The predicted octanol–water partition coefficient (Wildman–Crippen LogP) is -1.85. The minimum absolute atomic E-state index is 0.0326. The fraction of sp³-hybridized carbons (Fsp3) is 0.800. The van der Waals surface area contributed by atoms with E-state index in [-0.39, 0.29) is 25.4 Å². The monoisotopic (exact) mass is 293 g/mol. The number of piperazine rings is 1. The normalized spacial score (nSPS) is 17.4. The van der Waals surface area contributed by atoms with Crippen LogP contribution in [-0.4, -0.2) is 80.1 Å². The molecule has 0 unspecified atom stereocenters. The van der Waals surface area contributed by atoms with Crippen LogP contribution in [0.5, 0.6) is 0 Å². The molecule has 19 heavy (non-hydrogen) atoms. The number of nitrogens with one attached hydrogen (secondary N) is 1. The van der Waals surface area contributed by atoms with E-state index in [0.29, 0.717) is 26.2 Å². The highest BCUT2D eigenvalue weighted by molar-refractivity contribution is 7.88. The first-order chi connectivity index (χ1) is 8.80. The fourth-order valence-corrected chi connectivity index (χ4v) is 2.60. The molecule has 8 nitrogen and oxygen atoms in total. The molecule has 0 bridgehead atoms. The lowest BCUT2D eigenvalue weighted by molar-refractivity contribution is -0.137. The highest BCUT2D eigenvalue weighted by atomic mass is 32.2. The summed E-state index contributed by atoms with van der Waals surface area (Å²) < 4.78 is 23.9. The van der Waals surface area contributed by atoms with E-state index >= 15 is 0 Å². The molecule has 0 aromatic rings. The van der Waals surface area contributed by atoms with Crippen LogP contribution in [0, 0.1) is 0 Å². The second-order valence-corrected chi connectivity index (χ2v) is 6.35. The molecule has 1 rings (SSSR count). The maximum absolute atomic E-state index is 11.7. The Hall–Kier alpha value is -1.19. The van der Waals surface area contributed by atoms with Gasteiger partial charge in [0.05, 0.1) is 19.2 Å². The average Bonchev–Trinajstić information content (AvgIpc) is 2.33. The molecule has 0 saturated carbocycles. The van der Waals surface area contributed by atoms with Gasteiger partial charge in [-0.2, -0.15) is 4.31 Å². The third kappa shape index (κ3) is 5.53. The van der Waals surface area contributed by atoms with Gasteiger partial charge < -0.3 is 15.3 Å². The molecule has 0 atom stereocenters. The van der Waals surface area contributed by atoms with Crippen molar-refractivity contribution in [2.75, 3.05) is 45.5 Å². The van der Waals surface area contributed by atoms with E-state index in [1.54, 1.807) is 4.90 Å². The van der Waals surface area contributed by atoms with Gasteiger partial charge in [-0.3, -0.25) is 9.59 Å². The Balaban J connectivity index is 2.27.